The van der Waals surface area contributed by atoms with E-state index in [1.54, 1.807) is 24.3 Å². The van der Waals surface area contributed by atoms with Crippen molar-refractivity contribution in [1.29, 1.82) is 0 Å². The molecule has 21 heavy (non-hydrogen) atoms. The minimum absolute atomic E-state index is 0.0746. The molecule has 1 aromatic rings. The number of carbonyl (C=O) groups is 2. The highest BCUT2D eigenvalue weighted by atomic mass is 16.2. The SMILES string of the molecule is CCC(C)[C@H](N)C(=O)Nc1ccc(NC(=O)C2CC2)cc1. The van der Waals surface area contributed by atoms with Gasteiger partial charge in [-0.1, -0.05) is 20.3 Å². The van der Waals surface area contributed by atoms with Gasteiger partial charge in [-0.05, 0) is 43.0 Å². The van der Waals surface area contributed by atoms with Gasteiger partial charge >= 0.3 is 0 Å². The first kappa shape index (κ1) is 15.5. The molecule has 0 aliphatic heterocycles. The Morgan fingerprint density at radius 3 is 2.19 bits per heavy atom. The van der Waals surface area contributed by atoms with Gasteiger partial charge < -0.3 is 16.4 Å². The van der Waals surface area contributed by atoms with Gasteiger partial charge in [0.15, 0.2) is 0 Å². The van der Waals surface area contributed by atoms with Crippen molar-refractivity contribution in [3.8, 4) is 0 Å². The van der Waals surface area contributed by atoms with Gasteiger partial charge in [-0.2, -0.15) is 0 Å². The predicted molar refractivity (Wildman–Crippen MR) is 83.9 cm³/mol. The third kappa shape index (κ3) is 4.29. The number of nitrogens with one attached hydrogen (secondary N) is 2. The highest BCUT2D eigenvalue weighted by molar-refractivity contribution is 5.96. The summed E-state index contributed by atoms with van der Waals surface area (Å²) in [4.78, 5) is 23.6. The molecule has 5 heteroatoms. The van der Waals surface area contributed by atoms with Crippen LogP contribution in [-0.4, -0.2) is 17.9 Å². The van der Waals surface area contributed by atoms with Crippen LogP contribution in [-0.2, 0) is 9.59 Å². The number of nitrogens with two attached hydrogens (primary N) is 1. The van der Waals surface area contributed by atoms with Crippen molar-refractivity contribution in [3.63, 3.8) is 0 Å². The molecule has 0 spiro atoms. The van der Waals surface area contributed by atoms with E-state index in [0.717, 1.165) is 24.9 Å². The van der Waals surface area contributed by atoms with Crippen molar-refractivity contribution in [1.82, 2.24) is 0 Å². The number of benzene rings is 1. The molecule has 0 aromatic heterocycles. The second-order valence-corrected chi connectivity index (χ2v) is 5.74. The van der Waals surface area contributed by atoms with Crippen LogP contribution in [0, 0.1) is 11.8 Å². The summed E-state index contributed by atoms with van der Waals surface area (Å²) in [7, 11) is 0. The lowest BCUT2D eigenvalue weighted by molar-refractivity contribution is -0.118. The summed E-state index contributed by atoms with van der Waals surface area (Å²) >= 11 is 0. The topological polar surface area (TPSA) is 84.2 Å². The fourth-order valence-electron chi connectivity index (χ4n) is 1.96. The Bertz CT molecular complexity index is 509. The maximum atomic E-state index is 12.0. The standard InChI is InChI=1S/C16H23N3O2/c1-3-10(2)14(17)16(21)19-13-8-6-12(7-9-13)18-15(20)11-4-5-11/h6-11,14H,3-5,17H2,1-2H3,(H,18,20)(H,19,21)/t10?,14-/m0/s1. The number of anilines is 2. The Kier molecular flexibility index (Phi) is 4.96. The molecule has 114 valence electrons. The number of amides is 2. The summed E-state index contributed by atoms with van der Waals surface area (Å²) in [5, 5.41) is 5.65. The highest BCUT2D eigenvalue weighted by Crippen LogP contribution is 2.30. The molecule has 2 amide bonds. The molecule has 0 radical (unpaired) electrons. The van der Waals surface area contributed by atoms with Gasteiger partial charge in [0.2, 0.25) is 11.8 Å². The van der Waals surface area contributed by atoms with E-state index in [-0.39, 0.29) is 23.7 Å². The zero-order valence-electron chi connectivity index (χ0n) is 12.6. The summed E-state index contributed by atoms with van der Waals surface area (Å²) in [6, 6.07) is 6.59. The Balaban J connectivity index is 1.89. The van der Waals surface area contributed by atoms with E-state index < -0.39 is 6.04 Å². The van der Waals surface area contributed by atoms with E-state index >= 15 is 0 Å². The molecular formula is C16H23N3O2. The van der Waals surface area contributed by atoms with E-state index in [0.29, 0.717) is 5.69 Å². The second kappa shape index (κ2) is 6.72. The fourth-order valence-corrected chi connectivity index (χ4v) is 1.96. The largest absolute Gasteiger partial charge is 0.326 e. The van der Waals surface area contributed by atoms with Gasteiger partial charge in [-0.15, -0.1) is 0 Å². The molecule has 2 atom stereocenters. The van der Waals surface area contributed by atoms with Crippen LogP contribution in [0.1, 0.15) is 33.1 Å². The number of hydrogen-bond donors (Lipinski definition) is 3. The van der Waals surface area contributed by atoms with Crippen LogP contribution >= 0.6 is 0 Å². The molecule has 0 heterocycles. The zero-order chi connectivity index (χ0) is 15.4. The Morgan fingerprint density at radius 1 is 1.19 bits per heavy atom. The fraction of sp³-hybridized carbons (Fsp3) is 0.500. The molecule has 2 rings (SSSR count). The van der Waals surface area contributed by atoms with Crippen LogP contribution < -0.4 is 16.4 Å². The third-order valence-electron chi connectivity index (χ3n) is 3.93. The van der Waals surface area contributed by atoms with Crippen molar-refractivity contribution in [3.05, 3.63) is 24.3 Å². The van der Waals surface area contributed by atoms with Crippen molar-refractivity contribution < 1.29 is 9.59 Å². The quantitative estimate of drug-likeness (QED) is 0.751. The molecular weight excluding hydrogens is 266 g/mol. The summed E-state index contributed by atoms with van der Waals surface area (Å²) in [5.74, 6) is 0.213. The Labute approximate surface area is 125 Å². The van der Waals surface area contributed by atoms with Crippen LogP contribution in [0.2, 0.25) is 0 Å². The number of hydrogen-bond acceptors (Lipinski definition) is 3. The van der Waals surface area contributed by atoms with Crippen LogP contribution in [0.5, 0.6) is 0 Å². The van der Waals surface area contributed by atoms with Crippen LogP contribution in [0.25, 0.3) is 0 Å². The molecule has 1 fully saturated rings. The van der Waals surface area contributed by atoms with E-state index in [2.05, 4.69) is 10.6 Å². The van der Waals surface area contributed by atoms with Gasteiger partial charge in [-0.25, -0.2) is 0 Å². The van der Waals surface area contributed by atoms with E-state index in [4.69, 9.17) is 5.73 Å². The van der Waals surface area contributed by atoms with Gasteiger partial charge in [0.05, 0.1) is 6.04 Å². The van der Waals surface area contributed by atoms with Gasteiger partial charge in [0.25, 0.3) is 0 Å². The monoisotopic (exact) mass is 289 g/mol. The van der Waals surface area contributed by atoms with Crippen LogP contribution in [0.4, 0.5) is 11.4 Å². The maximum absolute atomic E-state index is 12.0. The molecule has 1 aliphatic rings. The minimum atomic E-state index is -0.510. The van der Waals surface area contributed by atoms with E-state index in [1.165, 1.54) is 0 Å². The van der Waals surface area contributed by atoms with Gasteiger partial charge in [0, 0.05) is 17.3 Å². The van der Waals surface area contributed by atoms with Crippen molar-refractivity contribution in [2.45, 2.75) is 39.2 Å². The molecule has 1 aliphatic carbocycles. The first-order valence-corrected chi connectivity index (χ1v) is 7.48. The number of carbonyl (C=O) groups excluding carboxylic acids is 2. The van der Waals surface area contributed by atoms with E-state index in [9.17, 15) is 9.59 Å². The van der Waals surface area contributed by atoms with Crippen molar-refractivity contribution in [2.75, 3.05) is 10.6 Å². The zero-order valence-corrected chi connectivity index (χ0v) is 12.6. The number of rotatable bonds is 6. The first-order chi connectivity index (χ1) is 10.0. The van der Waals surface area contributed by atoms with Crippen LogP contribution in [0.15, 0.2) is 24.3 Å². The summed E-state index contributed by atoms with van der Waals surface area (Å²) < 4.78 is 0. The normalized spacial score (nSPS) is 16.9. The first-order valence-electron chi connectivity index (χ1n) is 7.48. The molecule has 0 saturated heterocycles. The lowest BCUT2D eigenvalue weighted by Crippen LogP contribution is -2.40. The van der Waals surface area contributed by atoms with Crippen molar-refractivity contribution in [2.24, 2.45) is 17.6 Å². The molecule has 1 unspecified atom stereocenters. The maximum Gasteiger partial charge on any atom is 0.241 e. The van der Waals surface area contributed by atoms with E-state index in [1.807, 2.05) is 13.8 Å². The lowest BCUT2D eigenvalue weighted by atomic mass is 9.99. The summed E-state index contributed by atoms with van der Waals surface area (Å²) in [5.41, 5.74) is 7.32. The lowest BCUT2D eigenvalue weighted by Gasteiger charge is -2.17. The minimum Gasteiger partial charge on any atom is -0.326 e. The molecule has 4 N–H and O–H groups in total. The van der Waals surface area contributed by atoms with Crippen LogP contribution in [0.3, 0.4) is 0 Å². The molecule has 1 aromatic carbocycles. The summed E-state index contributed by atoms with van der Waals surface area (Å²) in [6.07, 6.45) is 2.82. The molecule has 0 bridgehead atoms. The summed E-state index contributed by atoms with van der Waals surface area (Å²) in [6.45, 7) is 3.97. The Morgan fingerprint density at radius 2 is 1.71 bits per heavy atom. The average molecular weight is 289 g/mol. The molecule has 5 nitrogen and oxygen atoms in total. The van der Waals surface area contributed by atoms with Crippen molar-refractivity contribution >= 4 is 23.2 Å². The molecule has 1 saturated carbocycles. The van der Waals surface area contributed by atoms with Gasteiger partial charge in [-0.3, -0.25) is 9.59 Å². The highest BCUT2D eigenvalue weighted by Gasteiger charge is 2.29. The smallest absolute Gasteiger partial charge is 0.241 e. The third-order valence-corrected chi connectivity index (χ3v) is 3.93. The Hall–Kier alpha value is -1.88. The van der Waals surface area contributed by atoms with Gasteiger partial charge in [0.1, 0.15) is 0 Å². The second-order valence-electron chi connectivity index (χ2n) is 5.74. The average Bonchev–Trinajstić information content (AvgIpc) is 3.32. The predicted octanol–water partition coefficient (Wildman–Crippen LogP) is 2.35.